The van der Waals surface area contributed by atoms with Gasteiger partial charge in [-0.05, 0) is 13.2 Å². The van der Waals surface area contributed by atoms with E-state index in [2.05, 4.69) is 9.55 Å². The van der Waals surface area contributed by atoms with Gasteiger partial charge in [-0.3, -0.25) is 4.79 Å². The minimum absolute atomic E-state index is 0.0649. The van der Waals surface area contributed by atoms with Crippen LogP contribution in [0.1, 0.15) is 24.4 Å². The summed E-state index contributed by atoms with van der Waals surface area (Å²) in [4.78, 5) is 32.0. The third-order valence-electron chi connectivity index (χ3n) is 6.05. The van der Waals surface area contributed by atoms with Crippen molar-refractivity contribution in [2.45, 2.75) is 37.6 Å². The van der Waals surface area contributed by atoms with E-state index in [1.165, 1.54) is 16.2 Å². The van der Waals surface area contributed by atoms with E-state index < -0.39 is 18.0 Å². The fourth-order valence-corrected chi connectivity index (χ4v) is 7.48. The van der Waals surface area contributed by atoms with E-state index in [9.17, 15) is 19.8 Å². The Bertz CT molecular complexity index is 1230. The van der Waals surface area contributed by atoms with Gasteiger partial charge in [0.1, 0.15) is 12.7 Å². The standard InChI is InChI=1S/C20H20N4O4S3/c1-9-13(16(20(27)28)24-15(9)14(10(2)25)17(24)26)12-5-23-8-22(4-11-6-30-7-21-11)18(29-3)19(23)31-12/h5-10,14-15,25H,4H2,1-3H3/t9-,10+,14+,15+/m0/s1. The Kier molecular flexibility index (Phi) is 4.96. The van der Waals surface area contributed by atoms with Gasteiger partial charge in [0.2, 0.25) is 15.8 Å². The molecule has 31 heavy (non-hydrogen) atoms. The van der Waals surface area contributed by atoms with Gasteiger partial charge in [0, 0.05) is 16.9 Å². The Morgan fingerprint density at radius 2 is 2.26 bits per heavy atom. The first-order valence-corrected chi connectivity index (χ1v) is 12.7. The highest BCUT2D eigenvalue weighted by atomic mass is 32.2. The maximum Gasteiger partial charge on any atom is 0.250 e. The molecule has 1 saturated heterocycles. The summed E-state index contributed by atoms with van der Waals surface area (Å²) in [5, 5.41) is 25.1. The maximum atomic E-state index is 12.6. The number of carboxylic acid groups (broad SMARTS) is 1. The van der Waals surface area contributed by atoms with Gasteiger partial charge < -0.3 is 19.9 Å². The number of fused-ring (bicyclic) bond motifs is 2. The largest absolute Gasteiger partial charge is 0.543 e. The number of imidazole rings is 1. The average molecular weight is 477 g/mol. The molecule has 3 aromatic heterocycles. The number of thiazole rings is 2. The van der Waals surface area contributed by atoms with Crippen molar-refractivity contribution in [2.24, 2.45) is 11.8 Å². The zero-order valence-corrected chi connectivity index (χ0v) is 19.5. The van der Waals surface area contributed by atoms with Gasteiger partial charge in [-0.1, -0.05) is 30.0 Å². The first-order chi connectivity index (χ1) is 14.8. The number of hydrogen-bond acceptors (Lipinski definition) is 8. The third-order valence-corrected chi connectivity index (χ3v) is 8.77. The van der Waals surface area contributed by atoms with E-state index in [0.717, 1.165) is 20.4 Å². The number of aliphatic hydroxyl groups is 1. The summed E-state index contributed by atoms with van der Waals surface area (Å²) in [5.41, 5.74) is 3.34. The molecule has 2 aliphatic heterocycles. The van der Waals surface area contributed by atoms with Crippen LogP contribution in [0.4, 0.5) is 0 Å². The number of hydrogen-bond donors (Lipinski definition) is 1. The van der Waals surface area contributed by atoms with E-state index >= 15 is 0 Å². The zero-order chi connectivity index (χ0) is 22.0. The number of aliphatic carboxylic acids is 1. The molecule has 5 rings (SSSR count). The maximum absolute atomic E-state index is 12.6. The van der Waals surface area contributed by atoms with Crippen LogP contribution in [-0.2, 0) is 16.1 Å². The Labute approximate surface area is 190 Å². The second-order valence-corrected chi connectivity index (χ2v) is 10.4. The number of nitrogens with zero attached hydrogens (tertiary/aromatic N) is 4. The lowest BCUT2D eigenvalue weighted by Crippen LogP contribution is -2.64. The predicted molar refractivity (Wildman–Crippen MR) is 115 cm³/mol. The van der Waals surface area contributed by atoms with Crippen molar-refractivity contribution >= 4 is 56.7 Å². The molecular weight excluding hydrogens is 456 g/mol. The summed E-state index contributed by atoms with van der Waals surface area (Å²) in [6, 6.07) is -0.355. The number of aliphatic hydroxyl groups excluding tert-OH is 1. The van der Waals surface area contributed by atoms with Crippen molar-refractivity contribution in [1.82, 2.24) is 14.3 Å². The highest BCUT2D eigenvalue weighted by Gasteiger charge is 2.59. The van der Waals surface area contributed by atoms with E-state index in [1.807, 2.05) is 41.0 Å². The molecule has 0 aliphatic carbocycles. The lowest BCUT2D eigenvalue weighted by Gasteiger charge is -2.47. The Balaban J connectivity index is 1.58. The summed E-state index contributed by atoms with van der Waals surface area (Å²) >= 11 is 4.68. The van der Waals surface area contributed by atoms with Crippen LogP contribution in [-0.4, -0.2) is 49.7 Å². The monoisotopic (exact) mass is 476 g/mol. The van der Waals surface area contributed by atoms with Gasteiger partial charge >= 0.3 is 0 Å². The van der Waals surface area contributed by atoms with Crippen molar-refractivity contribution in [3.8, 4) is 0 Å². The van der Waals surface area contributed by atoms with Crippen molar-refractivity contribution in [3.63, 3.8) is 0 Å². The van der Waals surface area contributed by atoms with Crippen LogP contribution in [0, 0.1) is 11.8 Å². The van der Waals surface area contributed by atoms with Crippen LogP contribution in [0.3, 0.4) is 0 Å². The summed E-state index contributed by atoms with van der Waals surface area (Å²) in [6.07, 6.45) is 5.08. The second kappa shape index (κ2) is 7.44. The molecule has 11 heteroatoms. The number of carboxylic acids is 1. The zero-order valence-electron chi connectivity index (χ0n) is 17.0. The highest BCUT2D eigenvalue weighted by molar-refractivity contribution is 7.98. The molecule has 4 atom stereocenters. The van der Waals surface area contributed by atoms with Gasteiger partial charge in [-0.15, -0.1) is 11.3 Å². The summed E-state index contributed by atoms with van der Waals surface area (Å²) < 4.78 is 4.12. The molecule has 0 radical (unpaired) electrons. The Morgan fingerprint density at radius 3 is 2.87 bits per heavy atom. The van der Waals surface area contributed by atoms with Gasteiger partial charge in [0.15, 0.2) is 0 Å². The first-order valence-electron chi connectivity index (χ1n) is 9.75. The van der Waals surface area contributed by atoms with Crippen molar-refractivity contribution in [3.05, 3.63) is 39.7 Å². The average Bonchev–Trinajstić information content (AvgIpc) is 3.44. The molecule has 0 aromatic carbocycles. The number of aromatic nitrogens is 3. The minimum Gasteiger partial charge on any atom is -0.543 e. The van der Waals surface area contributed by atoms with Crippen molar-refractivity contribution in [1.29, 1.82) is 0 Å². The van der Waals surface area contributed by atoms with Crippen LogP contribution < -0.4 is 9.67 Å². The van der Waals surface area contributed by atoms with Crippen LogP contribution in [0.25, 0.3) is 10.4 Å². The van der Waals surface area contributed by atoms with E-state index in [-0.39, 0.29) is 23.6 Å². The molecule has 0 unspecified atom stereocenters. The number of carbonyl (C=O) groups excluding carboxylic acids is 2. The predicted octanol–water partition coefficient (Wildman–Crippen LogP) is 0.833. The number of rotatable bonds is 6. The lowest BCUT2D eigenvalue weighted by atomic mass is 9.77. The van der Waals surface area contributed by atoms with Crippen LogP contribution >= 0.6 is 34.4 Å². The number of amides is 1. The molecule has 1 N–H and O–H groups in total. The van der Waals surface area contributed by atoms with Crippen molar-refractivity contribution in [2.75, 3.05) is 6.26 Å². The van der Waals surface area contributed by atoms with Crippen molar-refractivity contribution < 1.29 is 24.4 Å². The van der Waals surface area contributed by atoms with Crippen LogP contribution in [0.15, 0.2) is 34.1 Å². The van der Waals surface area contributed by atoms with Gasteiger partial charge in [-0.25, -0.2) is 9.55 Å². The smallest absolute Gasteiger partial charge is 0.250 e. The molecule has 0 saturated carbocycles. The fraction of sp³-hybridized carbons (Fsp3) is 0.400. The molecule has 0 spiro atoms. The SMILES string of the molecule is CSc1c2sc(C3=C(C(=O)[O-])N4C(=O)[C@H]([C@@H](C)O)[C@H]4[C@H]3C)cn2c[n+]1Cc1cscn1. The Hall–Kier alpha value is -2.21. The fourth-order valence-electron chi connectivity index (χ4n) is 4.75. The number of carbonyl (C=O) groups is 2. The molecule has 5 heterocycles. The summed E-state index contributed by atoms with van der Waals surface area (Å²) in [5.74, 6) is -2.51. The van der Waals surface area contributed by atoms with E-state index in [4.69, 9.17) is 0 Å². The highest BCUT2D eigenvalue weighted by Crippen LogP contribution is 2.51. The van der Waals surface area contributed by atoms with Crippen LogP contribution in [0.2, 0.25) is 0 Å². The first kappa shape index (κ1) is 20.7. The summed E-state index contributed by atoms with van der Waals surface area (Å²) in [7, 11) is 0. The van der Waals surface area contributed by atoms with Gasteiger partial charge in [-0.2, -0.15) is 4.40 Å². The molecule has 162 valence electrons. The third kappa shape index (κ3) is 2.98. The minimum atomic E-state index is -1.36. The normalized spacial score (nSPS) is 24.1. The number of β-lactam (4-membered cyclic amide) rings is 1. The topological polar surface area (TPSA) is 102 Å². The Morgan fingerprint density at radius 1 is 1.48 bits per heavy atom. The van der Waals surface area contributed by atoms with Gasteiger partial charge in [0.25, 0.3) is 6.33 Å². The molecule has 1 fully saturated rings. The molecule has 2 aliphatic rings. The van der Waals surface area contributed by atoms with E-state index in [0.29, 0.717) is 12.1 Å². The molecular formula is C20H20N4O4S3. The molecule has 3 aromatic rings. The second-order valence-electron chi connectivity index (χ2n) is 7.84. The quantitative estimate of drug-likeness (QED) is 0.321. The lowest BCUT2D eigenvalue weighted by molar-refractivity contribution is -0.722. The molecule has 8 nitrogen and oxygen atoms in total. The molecule has 1 amide bonds. The molecule has 0 bridgehead atoms. The summed E-state index contributed by atoms with van der Waals surface area (Å²) in [6.45, 7) is 4.15. The van der Waals surface area contributed by atoms with Gasteiger partial charge in [0.05, 0.1) is 45.8 Å². The van der Waals surface area contributed by atoms with E-state index in [1.54, 1.807) is 30.0 Å². The number of thioether (sulfide) groups is 1. The van der Waals surface area contributed by atoms with Crippen LogP contribution in [0.5, 0.6) is 0 Å².